The van der Waals surface area contributed by atoms with Crippen LogP contribution in [0, 0.1) is 13.8 Å². The fourth-order valence-electron chi connectivity index (χ4n) is 3.32. The van der Waals surface area contributed by atoms with Gasteiger partial charge in [-0.3, -0.25) is 4.57 Å². The summed E-state index contributed by atoms with van der Waals surface area (Å²) in [7, 11) is 0. The Balaban J connectivity index is 1.62. The molecule has 0 atom stereocenters. The van der Waals surface area contributed by atoms with Crippen molar-refractivity contribution in [2.75, 3.05) is 5.75 Å². The summed E-state index contributed by atoms with van der Waals surface area (Å²) in [5.41, 5.74) is 6.30. The van der Waals surface area contributed by atoms with E-state index in [4.69, 9.17) is 0 Å². The molecule has 0 aliphatic rings. The van der Waals surface area contributed by atoms with Gasteiger partial charge in [0.15, 0.2) is 5.16 Å². The Morgan fingerprint density at radius 3 is 2.14 bits per heavy atom. The molecule has 146 valence electrons. The van der Waals surface area contributed by atoms with Crippen LogP contribution >= 0.6 is 11.8 Å². The van der Waals surface area contributed by atoms with E-state index in [0.717, 1.165) is 35.3 Å². The van der Waals surface area contributed by atoms with Crippen LogP contribution < -0.4 is 0 Å². The minimum absolute atomic E-state index is 0.764. The van der Waals surface area contributed by atoms with Crippen molar-refractivity contribution in [3.63, 3.8) is 0 Å². The normalized spacial score (nSPS) is 11.0. The Morgan fingerprint density at radius 2 is 1.45 bits per heavy atom. The van der Waals surface area contributed by atoms with Gasteiger partial charge < -0.3 is 0 Å². The van der Waals surface area contributed by atoms with Crippen LogP contribution in [0.5, 0.6) is 0 Å². The highest BCUT2D eigenvalue weighted by molar-refractivity contribution is 7.99. The summed E-state index contributed by atoms with van der Waals surface area (Å²) in [4.78, 5) is 0. The van der Waals surface area contributed by atoms with Crippen LogP contribution in [0.3, 0.4) is 0 Å². The molecular weight excluding hydrogens is 374 g/mol. The third-order valence-corrected chi connectivity index (χ3v) is 6.05. The monoisotopic (exact) mass is 399 g/mol. The van der Waals surface area contributed by atoms with E-state index in [1.54, 1.807) is 11.8 Å². The van der Waals surface area contributed by atoms with Gasteiger partial charge in [-0.15, -0.1) is 10.2 Å². The fourth-order valence-corrected chi connectivity index (χ4v) is 4.27. The minimum atomic E-state index is 0.764. The Labute approximate surface area is 176 Å². The Bertz CT molecular complexity index is 1070. The van der Waals surface area contributed by atoms with Crippen molar-refractivity contribution in [3.05, 3.63) is 107 Å². The number of benzene rings is 3. The van der Waals surface area contributed by atoms with Gasteiger partial charge in [0.25, 0.3) is 0 Å². The van der Waals surface area contributed by atoms with E-state index in [1.165, 1.54) is 22.3 Å². The molecule has 0 fully saturated rings. The maximum Gasteiger partial charge on any atom is 0.195 e. The van der Waals surface area contributed by atoms with Crippen molar-refractivity contribution in [2.24, 2.45) is 0 Å². The highest BCUT2D eigenvalue weighted by Gasteiger charge is 2.15. The summed E-state index contributed by atoms with van der Waals surface area (Å²) in [5.74, 6) is 1.94. The van der Waals surface area contributed by atoms with Gasteiger partial charge in [0.1, 0.15) is 5.82 Å². The van der Waals surface area contributed by atoms with Crippen LogP contribution in [0.2, 0.25) is 0 Å². The molecule has 0 bridgehead atoms. The van der Waals surface area contributed by atoms with E-state index in [1.807, 2.05) is 6.07 Å². The van der Waals surface area contributed by atoms with Crippen molar-refractivity contribution < 1.29 is 0 Å². The van der Waals surface area contributed by atoms with Crippen LogP contribution in [0.4, 0.5) is 0 Å². The lowest BCUT2D eigenvalue weighted by atomic mass is 10.1. The van der Waals surface area contributed by atoms with Crippen molar-refractivity contribution in [1.82, 2.24) is 14.8 Å². The molecule has 0 aliphatic heterocycles. The standard InChI is InChI=1S/C25H25N3S/c1-19-13-14-23(17-20(19)2)28-24(18-22-11-7-4-8-12-22)26-27-25(28)29-16-15-21-9-5-3-6-10-21/h3-14,17H,15-16,18H2,1-2H3. The highest BCUT2D eigenvalue weighted by atomic mass is 32.2. The summed E-state index contributed by atoms with van der Waals surface area (Å²) in [6, 6.07) is 27.6. The van der Waals surface area contributed by atoms with E-state index >= 15 is 0 Å². The van der Waals surface area contributed by atoms with Gasteiger partial charge in [0, 0.05) is 17.9 Å². The average Bonchev–Trinajstić information content (AvgIpc) is 3.14. The van der Waals surface area contributed by atoms with Crippen LogP contribution in [-0.2, 0) is 12.8 Å². The first-order chi connectivity index (χ1) is 14.2. The maximum absolute atomic E-state index is 4.56. The fraction of sp³-hybridized carbons (Fsp3) is 0.200. The summed E-state index contributed by atoms with van der Waals surface area (Å²) >= 11 is 1.77. The topological polar surface area (TPSA) is 30.7 Å². The quantitative estimate of drug-likeness (QED) is 0.367. The molecule has 0 aliphatic carbocycles. The molecule has 0 saturated heterocycles. The molecule has 0 amide bonds. The highest BCUT2D eigenvalue weighted by Crippen LogP contribution is 2.25. The van der Waals surface area contributed by atoms with Crippen LogP contribution in [0.1, 0.15) is 28.1 Å². The van der Waals surface area contributed by atoms with Crippen LogP contribution in [-0.4, -0.2) is 20.5 Å². The van der Waals surface area contributed by atoms with Gasteiger partial charge in [-0.1, -0.05) is 78.5 Å². The van der Waals surface area contributed by atoms with Gasteiger partial charge in [-0.25, -0.2) is 0 Å². The van der Waals surface area contributed by atoms with Gasteiger partial charge in [-0.2, -0.15) is 0 Å². The molecule has 0 radical (unpaired) electrons. The number of hydrogen-bond acceptors (Lipinski definition) is 3. The third-order valence-electron chi connectivity index (χ3n) is 5.12. The lowest BCUT2D eigenvalue weighted by molar-refractivity contribution is 0.845. The molecule has 0 spiro atoms. The SMILES string of the molecule is Cc1ccc(-n2c(Cc3ccccc3)nnc2SCCc2ccccc2)cc1C. The molecule has 0 saturated carbocycles. The molecule has 4 heteroatoms. The van der Waals surface area contributed by atoms with Crippen molar-refractivity contribution >= 4 is 11.8 Å². The van der Waals surface area contributed by atoms with E-state index in [-0.39, 0.29) is 0 Å². The molecule has 3 nitrogen and oxygen atoms in total. The Kier molecular flexibility index (Phi) is 6.11. The predicted octanol–water partition coefficient (Wildman–Crippen LogP) is 5.81. The van der Waals surface area contributed by atoms with E-state index < -0.39 is 0 Å². The third kappa shape index (κ3) is 4.77. The van der Waals surface area contributed by atoms with Gasteiger partial charge >= 0.3 is 0 Å². The number of nitrogens with zero attached hydrogens (tertiary/aromatic N) is 3. The van der Waals surface area contributed by atoms with Crippen molar-refractivity contribution in [3.8, 4) is 5.69 Å². The first kappa shape index (κ1) is 19.5. The maximum atomic E-state index is 4.56. The number of aryl methyl sites for hydroxylation is 3. The molecular formula is C25H25N3S. The van der Waals surface area contributed by atoms with E-state index in [0.29, 0.717) is 0 Å². The number of hydrogen-bond donors (Lipinski definition) is 0. The summed E-state index contributed by atoms with van der Waals surface area (Å²) in [6.07, 6.45) is 1.78. The number of thioether (sulfide) groups is 1. The average molecular weight is 400 g/mol. The van der Waals surface area contributed by atoms with Gasteiger partial charge in [0.05, 0.1) is 0 Å². The first-order valence-corrected chi connectivity index (χ1v) is 10.9. The van der Waals surface area contributed by atoms with Crippen molar-refractivity contribution in [1.29, 1.82) is 0 Å². The summed E-state index contributed by atoms with van der Waals surface area (Å²) in [5, 5.41) is 10.1. The zero-order chi connectivity index (χ0) is 20.1. The molecule has 4 aromatic rings. The minimum Gasteiger partial charge on any atom is -0.274 e. The van der Waals surface area contributed by atoms with Crippen molar-refractivity contribution in [2.45, 2.75) is 31.8 Å². The second-order valence-corrected chi connectivity index (χ2v) is 8.31. The number of aromatic nitrogens is 3. The molecule has 29 heavy (non-hydrogen) atoms. The molecule has 4 rings (SSSR count). The van der Waals surface area contributed by atoms with Gasteiger partial charge in [0.2, 0.25) is 0 Å². The zero-order valence-corrected chi connectivity index (χ0v) is 17.7. The second-order valence-electron chi connectivity index (χ2n) is 7.25. The predicted molar refractivity (Wildman–Crippen MR) is 121 cm³/mol. The molecule has 1 aromatic heterocycles. The smallest absolute Gasteiger partial charge is 0.195 e. The molecule has 3 aromatic carbocycles. The van der Waals surface area contributed by atoms with E-state index in [9.17, 15) is 0 Å². The Hall–Kier alpha value is -2.85. The second kappa shape index (κ2) is 9.10. The summed E-state index contributed by atoms with van der Waals surface area (Å²) in [6.45, 7) is 4.30. The largest absolute Gasteiger partial charge is 0.274 e. The molecule has 1 heterocycles. The van der Waals surface area contributed by atoms with Crippen LogP contribution in [0.15, 0.2) is 84.0 Å². The lowest BCUT2D eigenvalue weighted by Crippen LogP contribution is -2.05. The summed E-state index contributed by atoms with van der Waals surface area (Å²) < 4.78 is 2.22. The number of rotatable bonds is 7. The van der Waals surface area contributed by atoms with E-state index in [2.05, 4.69) is 101 Å². The first-order valence-electron chi connectivity index (χ1n) is 9.93. The molecule has 0 N–H and O–H groups in total. The Morgan fingerprint density at radius 1 is 0.759 bits per heavy atom. The lowest BCUT2D eigenvalue weighted by Gasteiger charge is -2.12. The molecule has 0 unspecified atom stereocenters. The van der Waals surface area contributed by atoms with Crippen LogP contribution in [0.25, 0.3) is 5.69 Å². The zero-order valence-electron chi connectivity index (χ0n) is 16.9. The van der Waals surface area contributed by atoms with Gasteiger partial charge in [-0.05, 0) is 54.7 Å².